The molecule has 0 bridgehead atoms. The third kappa shape index (κ3) is 2.99. The fourth-order valence-corrected chi connectivity index (χ4v) is 3.50. The monoisotopic (exact) mass is 302 g/mol. The molecule has 5 heteroatoms. The third-order valence-electron chi connectivity index (χ3n) is 4.66. The minimum atomic E-state index is -0.883. The van der Waals surface area contributed by atoms with Gasteiger partial charge in [0.1, 0.15) is 6.04 Å². The number of rotatable bonds is 3. The second-order valence-corrected chi connectivity index (χ2v) is 6.30. The summed E-state index contributed by atoms with van der Waals surface area (Å²) in [7, 11) is 0. The van der Waals surface area contributed by atoms with E-state index < -0.39 is 11.6 Å². The first-order valence-electron chi connectivity index (χ1n) is 7.94. The van der Waals surface area contributed by atoms with E-state index in [1.54, 1.807) is 4.90 Å². The number of carbonyl (C=O) groups is 2. The van der Waals surface area contributed by atoms with Crippen LogP contribution in [0.3, 0.4) is 0 Å². The zero-order chi connectivity index (χ0) is 15.6. The van der Waals surface area contributed by atoms with Crippen molar-refractivity contribution < 1.29 is 14.7 Å². The van der Waals surface area contributed by atoms with Crippen LogP contribution in [-0.4, -0.2) is 40.5 Å². The van der Waals surface area contributed by atoms with Gasteiger partial charge in [0.15, 0.2) is 0 Å². The van der Waals surface area contributed by atoms with Gasteiger partial charge in [-0.25, -0.2) is 0 Å². The molecular formula is C17H22N2O3. The summed E-state index contributed by atoms with van der Waals surface area (Å²) >= 11 is 0. The van der Waals surface area contributed by atoms with Crippen LogP contribution in [0, 0.1) is 0 Å². The number of nitrogens with one attached hydrogen (secondary N) is 1. The third-order valence-corrected chi connectivity index (χ3v) is 4.66. The molecule has 2 aliphatic rings. The van der Waals surface area contributed by atoms with Gasteiger partial charge >= 0.3 is 0 Å². The summed E-state index contributed by atoms with van der Waals surface area (Å²) in [5, 5.41) is 13.3. The number of benzene rings is 1. The Bertz CT molecular complexity index is 552. The molecule has 0 aromatic heterocycles. The van der Waals surface area contributed by atoms with Gasteiger partial charge in [-0.1, -0.05) is 43.2 Å². The average molecular weight is 302 g/mol. The van der Waals surface area contributed by atoms with Gasteiger partial charge in [0.05, 0.1) is 12.0 Å². The predicted molar refractivity (Wildman–Crippen MR) is 81.9 cm³/mol. The fraction of sp³-hybridized carbons (Fsp3) is 0.529. The van der Waals surface area contributed by atoms with Crippen LogP contribution in [0.4, 0.5) is 0 Å². The van der Waals surface area contributed by atoms with E-state index >= 15 is 0 Å². The fourth-order valence-electron chi connectivity index (χ4n) is 3.50. The second-order valence-electron chi connectivity index (χ2n) is 6.30. The topological polar surface area (TPSA) is 69.6 Å². The highest BCUT2D eigenvalue weighted by Gasteiger charge is 2.39. The van der Waals surface area contributed by atoms with E-state index in [0.29, 0.717) is 25.9 Å². The van der Waals surface area contributed by atoms with Gasteiger partial charge in [-0.05, 0) is 18.4 Å². The van der Waals surface area contributed by atoms with Gasteiger partial charge in [0, 0.05) is 13.1 Å². The number of aliphatic hydroxyl groups is 1. The number of carbonyl (C=O) groups excluding carboxylic acids is 2. The molecule has 1 saturated carbocycles. The van der Waals surface area contributed by atoms with Crippen LogP contribution in [0.25, 0.3) is 0 Å². The van der Waals surface area contributed by atoms with Crippen molar-refractivity contribution in [2.45, 2.75) is 43.7 Å². The Hall–Kier alpha value is -1.88. The van der Waals surface area contributed by atoms with E-state index in [1.807, 2.05) is 30.3 Å². The highest BCUT2D eigenvalue weighted by molar-refractivity contribution is 5.90. The van der Waals surface area contributed by atoms with E-state index in [9.17, 15) is 14.7 Å². The van der Waals surface area contributed by atoms with Crippen LogP contribution in [0.5, 0.6) is 0 Å². The molecule has 5 nitrogen and oxygen atoms in total. The second kappa shape index (κ2) is 6.08. The van der Waals surface area contributed by atoms with Crippen molar-refractivity contribution in [1.29, 1.82) is 0 Å². The van der Waals surface area contributed by atoms with Gasteiger partial charge in [-0.3, -0.25) is 9.59 Å². The van der Waals surface area contributed by atoms with Crippen LogP contribution in [0.1, 0.15) is 43.7 Å². The minimum Gasteiger partial charge on any atom is -0.389 e. The molecule has 1 aromatic rings. The van der Waals surface area contributed by atoms with E-state index in [-0.39, 0.29) is 18.2 Å². The van der Waals surface area contributed by atoms with E-state index in [4.69, 9.17) is 0 Å². The van der Waals surface area contributed by atoms with Crippen LogP contribution >= 0.6 is 0 Å². The number of amides is 2. The Morgan fingerprint density at radius 3 is 2.64 bits per heavy atom. The van der Waals surface area contributed by atoms with Crippen molar-refractivity contribution in [2.24, 2.45) is 0 Å². The molecule has 0 radical (unpaired) electrons. The lowest BCUT2D eigenvalue weighted by molar-refractivity contribution is -0.147. The van der Waals surface area contributed by atoms with Gasteiger partial charge < -0.3 is 15.3 Å². The molecule has 1 aliphatic heterocycles. The lowest BCUT2D eigenvalue weighted by Crippen LogP contribution is -2.53. The van der Waals surface area contributed by atoms with Crippen molar-refractivity contribution in [3.63, 3.8) is 0 Å². The lowest BCUT2D eigenvalue weighted by Gasteiger charge is -2.37. The molecule has 3 rings (SSSR count). The molecule has 0 spiro atoms. The maximum absolute atomic E-state index is 12.7. The number of hydrogen-bond donors (Lipinski definition) is 2. The van der Waals surface area contributed by atoms with Crippen LogP contribution in [-0.2, 0) is 9.59 Å². The van der Waals surface area contributed by atoms with Crippen molar-refractivity contribution >= 4 is 11.8 Å². The van der Waals surface area contributed by atoms with E-state index in [2.05, 4.69) is 5.32 Å². The Labute approximate surface area is 130 Å². The molecule has 2 fully saturated rings. The summed E-state index contributed by atoms with van der Waals surface area (Å²) < 4.78 is 0. The summed E-state index contributed by atoms with van der Waals surface area (Å²) in [6.07, 6.45) is 3.39. The van der Waals surface area contributed by atoms with Gasteiger partial charge in [0.2, 0.25) is 11.8 Å². The van der Waals surface area contributed by atoms with Crippen LogP contribution in [0.2, 0.25) is 0 Å². The Balaban J connectivity index is 1.80. The largest absolute Gasteiger partial charge is 0.389 e. The standard InChI is InChI=1S/C17H22N2O3/c20-14(12-17(22)8-4-5-9-17)19-11-10-18-16(21)15(19)13-6-2-1-3-7-13/h1-3,6-7,15,22H,4-5,8-12H2,(H,18,21). The lowest BCUT2D eigenvalue weighted by atomic mass is 9.95. The van der Waals surface area contributed by atoms with Crippen molar-refractivity contribution in [1.82, 2.24) is 10.2 Å². The van der Waals surface area contributed by atoms with Crippen molar-refractivity contribution in [2.75, 3.05) is 13.1 Å². The molecule has 1 aliphatic carbocycles. The van der Waals surface area contributed by atoms with Crippen molar-refractivity contribution in [3.8, 4) is 0 Å². The Morgan fingerprint density at radius 1 is 1.27 bits per heavy atom. The number of piperazine rings is 1. The van der Waals surface area contributed by atoms with E-state index in [0.717, 1.165) is 18.4 Å². The molecule has 118 valence electrons. The summed E-state index contributed by atoms with van der Waals surface area (Å²) in [6, 6.07) is 8.75. The predicted octanol–water partition coefficient (Wildman–Crippen LogP) is 1.38. The first-order chi connectivity index (χ1) is 10.6. The summed E-state index contributed by atoms with van der Waals surface area (Å²) in [5.41, 5.74) is -0.0712. The quantitative estimate of drug-likeness (QED) is 0.886. The SMILES string of the molecule is O=C1NCCN(C(=O)CC2(O)CCCC2)C1c1ccccc1. The van der Waals surface area contributed by atoms with Gasteiger partial charge in [-0.2, -0.15) is 0 Å². The van der Waals surface area contributed by atoms with Gasteiger partial charge in [0.25, 0.3) is 0 Å². The Kier molecular flexibility index (Phi) is 4.16. The highest BCUT2D eigenvalue weighted by atomic mass is 16.3. The first kappa shape index (κ1) is 15.0. The first-order valence-corrected chi connectivity index (χ1v) is 7.94. The number of nitrogens with zero attached hydrogens (tertiary/aromatic N) is 1. The molecule has 1 heterocycles. The van der Waals surface area contributed by atoms with Gasteiger partial charge in [-0.15, -0.1) is 0 Å². The summed E-state index contributed by atoms with van der Waals surface area (Å²) in [4.78, 5) is 26.5. The molecule has 1 atom stereocenters. The highest BCUT2D eigenvalue weighted by Crippen LogP contribution is 2.34. The molecule has 2 N–H and O–H groups in total. The molecular weight excluding hydrogens is 280 g/mol. The molecule has 1 saturated heterocycles. The molecule has 1 unspecified atom stereocenters. The molecule has 1 aromatic carbocycles. The van der Waals surface area contributed by atoms with Crippen LogP contribution < -0.4 is 5.32 Å². The van der Waals surface area contributed by atoms with Crippen molar-refractivity contribution in [3.05, 3.63) is 35.9 Å². The zero-order valence-electron chi connectivity index (χ0n) is 12.6. The van der Waals surface area contributed by atoms with E-state index in [1.165, 1.54) is 0 Å². The smallest absolute Gasteiger partial charge is 0.247 e. The van der Waals surface area contributed by atoms with Crippen LogP contribution in [0.15, 0.2) is 30.3 Å². The number of hydrogen-bond acceptors (Lipinski definition) is 3. The maximum atomic E-state index is 12.7. The zero-order valence-corrected chi connectivity index (χ0v) is 12.6. The summed E-state index contributed by atoms with van der Waals surface area (Å²) in [5.74, 6) is -0.280. The molecule has 2 amide bonds. The minimum absolute atomic E-state index is 0.115. The maximum Gasteiger partial charge on any atom is 0.247 e. The average Bonchev–Trinajstić information content (AvgIpc) is 2.94. The summed E-state index contributed by atoms with van der Waals surface area (Å²) in [6.45, 7) is 0.951. The molecule has 22 heavy (non-hydrogen) atoms. The Morgan fingerprint density at radius 2 is 1.95 bits per heavy atom. The normalized spacial score (nSPS) is 24.1.